The highest BCUT2D eigenvalue weighted by Gasteiger charge is 2.36. The van der Waals surface area contributed by atoms with E-state index in [4.69, 9.17) is 5.73 Å². The molecule has 1 fully saturated rings. The highest BCUT2D eigenvalue weighted by Crippen LogP contribution is 2.23. The molecule has 3 amide bonds. The van der Waals surface area contributed by atoms with E-state index in [9.17, 15) is 19.5 Å². The summed E-state index contributed by atoms with van der Waals surface area (Å²) in [5, 5.41) is 11.7. The Labute approximate surface area is 118 Å². The second-order valence-corrected chi connectivity index (χ2v) is 5.75. The molecule has 20 heavy (non-hydrogen) atoms. The third kappa shape index (κ3) is 3.85. The molecule has 0 bridgehead atoms. The number of carboxylic acid groups (broad SMARTS) is 1. The van der Waals surface area contributed by atoms with Crippen LogP contribution in [0.2, 0.25) is 0 Å². The van der Waals surface area contributed by atoms with Crippen molar-refractivity contribution in [1.29, 1.82) is 0 Å². The van der Waals surface area contributed by atoms with Gasteiger partial charge in [-0.25, -0.2) is 9.59 Å². The van der Waals surface area contributed by atoms with Gasteiger partial charge < -0.3 is 21.1 Å². The maximum atomic E-state index is 12.2. The minimum absolute atomic E-state index is 0.150. The smallest absolute Gasteiger partial charge is 0.326 e. The highest BCUT2D eigenvalue weighted by atomic mass is 16.4. The van der Waals surface area contributed by atoms with E-state index < -0.39 is 30.0 Å². The number of piperidine rings is 1. The van der Waals surface area contributed by atoms with Crippen molar-refractivity contribution >= 4 is 17.9 Å². The first-order valence-electron chi connectivity index (χ1n) is 6.83. The lowest BCUT2D eigenvalue weighted by atomic mass is 9.92. The molecule has 0 spiro atoms. The molecule has 3 atom stereocenters. The largest absolute Gasteiger partial charge is 0.480 e. The lowest BCUT2D eigenvalue weighted by Crippen LogP contribution is -2.57. The van der Waals surface area contributed by atoms with Crippen LogP contribution in [0.1, 0.15) is 33.6 Å². The summed E-state index contributed by atoms with van der Waals surface area (Å²) in [5.74, 6) is -1.53. The second kappa shape index (κ2) is 6.58. The van der Waals surface area contributed by atoms with E-state index >= 15 is 0 Å². The predicted octanol–water partition coefficient (Wildman–Crippen LogP) is 0.391. The summed E-state index contributed by atoms with van der Waals surface area (Å²) in [6.07, 6.45) is 1.17. The van der Waals surface area contributed by atoms with Crippen LogP contribution in [0.4, 0.5) is 4.79 Å². The summed E-state index contributed by atoms with van der Waals surface area (Å²) in [6.45, 7) is 5.87. The van der Waals surface area contributed by atoms with Crippen LogP contribution in [0.3, 0.4) is 0 Å². The Morgan fingerprint density at radius 2 is 1.95 bits per heavy atom. The van der Waals surface area contributed by atoms with Gasteiger partial charge in [0.25, 0.3) is 0 Å². The molecule has 0 aromatic heterocycles. The normalized spacial score (nSPS) is 24.3. The molecule has 114 valence electrons. The summed E-state index contributed by atoms with van der Waals surface area (Å²) in [5.41, 5.74) is 5.24. The van der Waals surface area contributed by atoms with E-state index in [0.717, 1.165) is 6.42 Å². The van der Waals surface area contributed by atoms with Gasteiger partial charge in [-0.1, -0.05) is 20.8 Å². The molecular weight excluding hydrogens is 262 g/mol. The maximum absolute atomic E-state index is 12.2. The molecule has 0 aromatic rings. The van der Waals surface area contributed by atoms with Crippen LogP contribution < -0.4 is 11.1 Å². The minimum atomic E-state index is -1.02. The number of aliphatic carboxylic acids is 1. The Kier molecular flexibility index (Phi) is 5.35. The van der Waals surface area contributed by atoms with Crippen molar-refractivity contribution in [2.45, 2.75) is 45.7 Å². The first kappa shape index (κ1) is 16.3. The average Bonchev–Trinajstić information content (AvgIpc) is 2.34. The third-order valence-corrected chi connectivity index (χ3v) is 3.66. The first-order chi connectivity index (χ1) is 9.23. The van der Waals surface area contributed by atoms with E-state index in [2.05, 4.69) is 5.32 Å². The van der Waals surface area contributed by atoms with Gasteiger partial charge in [0.2, 0.25) is 5.91 Å². The van der Waals surface area contributed by atoms with E-state index in [1.807, 2.05) is 6.92 Å². The summed E-state index contributed by atoms with van der Waals surface area (Å²) in [7, 11) is 0. The van der Waals surface area contributed by atoms with Gasteiger partial charge in [0.05, 0.1) is 0 Å². The quantitative estimate of drug-likeness (QED) is 0.693. The third-order valence-electron chi connectivity index (χ3n) is 3.66. The van der Waals surface area contributed by atoms with Crippen LogP contribution in [-0.4, -0.2) is 46.5 Å². The van der Waals surface area contributed by atoms with Gasteiger partial charge in [0.1, 0.15) is 12.1 Å². The number of amides is 3. The first-order valence-corrected chi connectivity index (χ1v) is 6.83. The summed E-state index contributed by atoms with van der Waals surface area (Å²) >= 11 is 0. The number of likely N-dealkylation sites (tertiary alicyclic amines) is 1. The van der Waals surface area contributed by atoms with Crippen LogP contribution in [0.15, 0.2) is 0 Å². The molecule has 1 heterocycles. The zero-order valence-corrected chi connectivity index (χ0v) is 12.1. The topological polar surface area (TPSA) is 113 Å². The van der Waals surface area contributed by atoms with Crippen molar-refractivity contribution in [2.75, 3.05) is 6.54 Å². The monoisotopic (exact) mass is 285 g/mol. The second-order valence-electron chi connectivity index (χ2n) is 5.75. The van der Waals surface area contributed by atoms with Crippen molar-refractivity contribution in [2.24, 2.45) is 17.6 Å². The number of carbonyl (C=O) groups excluding carboxylic acids is 2. The van der Waals surface area contributed by atoms with E-state index in [0.29, 0.717) is 13.0 Å². The zero-order chi connectivity index (χ0) is 15.4. The van der Waals surface area contributed by atoms with Gasteiger partial charge in [0, 0.05) is 6.54 Å². The fraction of sp³-hybridized carbons (Fsp3) is 0.769. The molecule has 7 nitrogen and oxygen atoms in total. The van der Waals surface area contributed by atoms with Gasteiger partial charge in [-0.3, -0.25) is 4.79 Å². The van der Waals surface area contributed by atoms with E-state index in [1.165, 1.54) is 4.90 Å². The van der Waals surface area contributed by atoms with Crippen molar-refractivity contribution in [3.8, 4) is 0 Å². The highest BCUT2D eigenvalue weighted by molar-refractivity contribution is 5.88. The molecule has 0 aliphatic carbocycles. The molecule has 0 radical (unpaired) electrons. The molecule has 4 N–H and O–H groups in total. The number of hydrogen-bond acceptors (Lipinski definition) is 3. The molecule has 1 aliphatic heterocycles. The SMILES string of the molecule is CC1CCN(C(=O)NC(C(N)=O)C(C)C)C(C(=O)O)C1. The Balaban J connectivity index is 2.78. The number of nitrogens with one attached hydrogen (secondary N) is 1. The number of urea groups is 1. The van der Waals surface area contributed by atoms with Crippen molar-refractivity contribution in [3.63, 3.8) is 0 Å². The van der Waals surface area contributed by atoms with Gasteiger partial charge in [0.15, 0.2) is 0 Å². The van der Waals surface area contributed by atoms with Gasteiger partial charge in [-0.15, -0.1) is 0 Å². The van der Waals surface area contributed by atoms with Crippen LogP contribution in [-0.2, 0) is 9.59 Å². The predicted molar refractivity (Wildman–Crippen MR) is 72.9 cm³/mol. The molecule has 1 rings (SSSR count). The number of primary amides is 1. The molecule has 1 aliphatic rings. The fourth-order valence-electron chi connectivity index (χ4n) is 2.40. The number of rotatable bonds is 4. The Bertz CT molecular complexity index is 397. The molecule has 1 saturated heterocycles. The number of nitrogens with two attached hydrogens (primary N) is 1. The fourth-order valence-corrected chi connectivity index (χ4v) is 2.40. The zero-order valence-electron chi connectivity index (χ0n) is 12.1. The van der Waals surface area contributed by atoms with Gasteiger partial charge >= 0.3 is 12.0 Å². The molecule has 3 unspecified atom stereocenters. The van der Waals surface area contributed by atoms with Crippen LogP contribution in [0.25, 0.3) is 0 Å². The lowest BCUT2D eigenvalue weighted by Gasteiger charge is -2.36. The lowest BCUT2D eigenvalue weighted by molar-refractivity contribution is -0.143. The Morgan fingerprint density at radius 3 is 2.40 bits per heavy atom. The number of carbonyl (C=O) groups is 3. The van der Waals surface area contributed by atoms with Crippen molar-refractivity contribution in [3.05, 3.63) is 0 Å². The summed E-state index contributed by atoms with van der Waals surface area (Å²) < 4.78 is 0. The molecule has 0 saturated carbocycles. The number of hydrogen-bond donors (Lipinski definition) is 3. The number of carboxylic acids is 1. The maximum Gasteiger partial charge on any atom is 0.326 e. The Morgan fingerprint density at radius 1 is 1.35 bits per heavy atom. The van der Waals surface area contributed by atoms with Crippen molar-refractivity contribution < 1.29 is 19.5 Å². The average molecular weight is 285 g/mol. The van der Waals surface area contributed by atoms with Gasteiger partial charge in [-0.05, 0) is 24.7 Å². The Hall–Kier alpha value is -1.79. The van der Waals surface area contributed by atoms with Crippen LogP contribution in [0.5, 0.6) is 0 Å². The van der Waals surface area contributed by atoms with Crippen LogP contribution in [0, 0.1) is 11.8 Å². The summed E-state index contributed by atoms with van der Waals surface area (Å²) in [6, 6.07) is -2.18. The van der Waals surface area contributed by atoms with Crippen LogP contribution >= 0.6 is 0 Å². The summed E-state index contributed by atoms with van der Waals surface area (Å²) in [4.78, 5) is 36.0. The molecule has 7 heteroatoms. The standard InChI is InChI=1S/C13H23N3O4/c1-7(2)10(11(14)17)15-13(20)16-5-4-8(3)6-9(16)12(18)19/h7-10H,4-6H2,1-3H3,(H2,14,17)(H,15,20)(H,18,19). The van der Waals surface area contributed by atoms with E-state index in [-0.39, 0.29) is 11.8 Å². The minimum Gasteiger partial charge on any atom is -0.480 e. The molecular formula is C13H23N3O4. The van der Waals surface area contributed by atoms with Crippen molar-refractivity contribution in [1.82, 2.24) is 10.2 Å². The van der Waals surface area contributed by atoms with E-state index in [1.54, 1.807) is 13.8 Å². The van der Waals surface area contributed by atoms with Gasteiger partial charge in [-0.2, -0.15) is 0 Å². The number of nitrogens with zero attached hydrogens (tertiary/aromatic N) is 1. The molecule has 0 aromatic carbocycles.